The first-order chi connectivity index (χ1) is 17.4. The molecule has 0 radical (unpaired) electrons. The van der Waals surface area contributed by atoms with E-state index in [1.54, 1.807) is 6.92 Å². The number of rotatable bonds is 18. The van der Waals surface area contributed by atoms with E-state index in [1.807, 2.05) is 13.8 Å². The molecular formula is C24H46N8O5. The van der Waals surface area contributed by atoms with Gasteiger partial charge in [-0.05, 0) is 44.9 Å². The maximum Gasteiger partial charge on any atom is 0.243 e. The molecule has 4 atom stereocenters. The number of carbonyl (C=O) groups is 5. The lowest BCUT2D eigenvalue weighted by Crippen LogP contribution is -2.58. The van der Waals surface area contributed by atoms with Crippen molar-refractivity contribution < 1.29 is 24.0 Å². The molecule has 0 aliphatic rings. The highest BCUT2D eigenvalue weighted by Gasteiger charge is 2.31. The van der Waals surface area contributed by atoms with Gasteiger partial charge in [-0.1, -0.05) is 20.3 Å². The number of amides is 5. The van der Waals surface area contributed by atoms with E-state index >= 15 is 0 Å². The summed E-state index contributed by atoms with van der Waals surface area (Å²) in [5.41, 5.74) is 10.7. The quantitative estimate of drug-likeness (QED) is 0.0672. The standard InChI is InChI=1S/C24H46N8O5/c1-6-15(3)20(23(37)31-18(21(35)27-7-2)12-10-14-29-24(25)26)32-22(36)19(30-17(5)34)11-8-9-13-28-16(4)33/h15,18-20H,6-14H2,1-5H3,(H,27,35)(H,28,33)(H,30,34)(H,31,37)(H,32,36)(H4,25,26,29)/t15?,18-,19-,20-/m0/s1. The van der Waals surface area contributed by atoms with Gasteiger partial charge in [0.05, 0.1) is 0 Å². The van der Waals surface area contributed by atoms with Crippen LogP contribution in [0.5, 0.6) is 0 Å². The fraction of sp³-hybridized carbons (Fsp3) is 0.750. The van der Waals surface area contributed by atoms with Crippen LogP contribution in [0.2, 0.25) is 0 Å². The van der Waals surface area contributed by atoms with E-state index in [9.17, 15) is 24.0 Å². The van der Waals surface area contributed by atoms with Crippen molar-refractivity contribution in [3.05, 3.63) is 0 Å². The molecule has 0 fully saturated rings. The van der Waals surface area contributed by atoms with Gasteiger partial charge in [-0.15, -0.1) is 0 Å². The first-order valence-corrected chi connectivity index (χ1v) is 12.9. The Hall–Kier alpha value is -3.38. The van der Waals surface area contributed by atoms with Gasteiger partial charge in [0.15, 0.2) is 5.96 Å². The third-order valence-electron chi connectivity index (χ3n) is 5.71. The molecule has 9 N–H and O–H groups in total. The van der Waals surface area contributed by atoms with E-state index in [0.717, 1.165) is 0 Å². The summed E-state index contributed by atoms with van der Waals surface area (Å²) >= 11 is 0. The van der Waals surface area contributed by atoms with Gasteiger partial charge in [0.25, 0.3) is 0 Å². The van der Waals surface area contributed by atoms with Gasteiger partial charge < -0.3 is 38.1 Å². The van der Waals surface area contributed by atoms with Crippen molar-refractivity contribution in [1.82, 2.24) is 26.6 Å². The van der Waals surface area contributed by atoms with Crippen LogP contribution in [-0.2, 0) is 24.0 Å². The summed E-state index contributed by atoms with van der Waals surface area (Å²) in [6, 6.07) is -2.58. The molecule has 212 valence electrons. The number of nitrogens with one attached hydrogen (secondary N) is 5. The average Bonchev–Trinajstić information content (AvgIpc) is 2.82. The van der Waals surface area contributed by atoms with Gasteiger partial charge in [-0.3, -0.25) is 29.0 Å². The maximum absolute atomic E-state index is 13.2. The first-order valence-electron chi connectivity index (χ1n) is 12.9. The Morgan fingerprint density at radius 3 is 1.92 bits per heavy atom. The van der Waals surface area contributed by atoms with Crippen LogP contribution in [0.25, 0.3) is 0 Å². The summed E-state index contributed by atoms with van der Waals surface area (Å²) < 4.78 is 0. The molecule has 0 spiro atoms. The number of guanidine groups is 1. The van der Waals surface area contributed by atoms with Crippen LogP contribution in [0.4, 0.5) is 0 Å². The molecule has 1 unspecified atom stereocenters. The fourth-order valence-electron chi connectivity index (χ4n) is 3.54. The van der Waals surface area contributed by atoms with Crippen LogP contribution in [-0.4, -0.2) is 73.3 Å². The highest BCUT2D eigenvalue weighted by molar-refractivity contribution is 5.94. The predicted molar refractivity (Wildman–Crippen MR) is 142 cm³/mol. The number of carbonyl (C=O) groups excluding carboxylic acids is 5. The smallest absolute Gasteiger partial charge is 0.243 e. The van der Waals surface area contributed by atoms with Crippen LogP contribution in [0.1, 0.15) is 73.1 Å². The summed E-state index contributed by atoms with van der Waals surface area (Å²) in [4.78, 5) is 65.5. The number of hydrogen-bond acceptors (Lipinski definition) is 6. The lowest BCUT2D eigenvalue weighted by atomic mass is 9.96. The van der Waals surface area contributed by atoms with E-state index in [-0.39, 0.29) is 29.6 Å². The molecule has 13 heteroatoms. The lowest BCUT2D eigenvalue weighted by molar-refractivity contribution is -0.134. The van der Waals surface area contributed by atoms with Crippen LogP contribution >= 0.6 is 0 Å². The molecule has 0 aliphatic carbocycles. The number of likely N-dealkylation sites (N-methyl/N-ethyl adjacent to an activating group) is 1. The molecule has 0 saturated heterocycles. The Balaban J connectivity index is 5.42. The van der Waals surface area contributed by atoms with Crippen LogP contribution in [0, 0.1) is 5.92 Å². The van der Waals surface area contributed by atoms with E-state index in [4.69, 9.17) is 11.5 Å². The van der Waals surface area contributed by atoms with Crippen LogP contribution < -0.4 is 38.1 Å². The number of hydrogen-bond donors (Lipinski definition) is 7. The van der Waals surface area contributed by atoms with Crippen molar-refractivity contribution in [2.24, 2.45) is 22.4 Å². The van der Waals surface area contributed by atoms with E-state index in [1.165, 1.54) is 13.8 Å². The molecule has 0 aliphatic heterocycles. The van der Waals surface area contributed by atoms with Crippen molar-refractivity contribution in [2.75, 3.05) is 19.6 Å². The zero-order chi connectivity index (χ0) is 28.4. The van der Waals surface area contributed by atoms with Gasteiger partial charge in [0.2, 0.25) is 29.5 Å². The zero-order valence-electron chi connectivity index (χ0n) is 22.8. The zero-order valence-corrected chi connectivity index (χ0v) is 22.8. The summed E-state index contributed by atoms with van der Waals surface area (Å²) in [5.74, 6) is -2.12. The highest BCUT2D eigenvalue weighted by atomic mass is 16.2. The monoisotopic (exact) mass is 526 g/mol. The van der Waals surface area contributed by atoms with Crippen molar-refractivity contribution in [1.29, 1.82) is 0 Å². The summed E-state index contributed by atoms with van der Waals surface area (Å²) in [6.45, 7) is 9.39. The molecule has 0 bridgehead atoms. The number of nitrogens with zero attached hydrogens (tertiary/aromatic N) is 1. The predicted octanol–water partition coefficient (Wildman–Crippen LogP) is -0.997. The van der Waals surface area contributed by atoms with E-state index < -0.39 is 29.9 Å². The van der Waals surface area contributed by atoms with Gasteiger partial charge in [-0.2, -0.15) is 0 Å². The van der Waals surface area contributed by atoms with Gasteiger partial charge in [-0.25, -0.2) is 0 Å². The maximum atomic E-state index is 13.2. The fourth-order valence-corrected chi connectivity index (χ4v) is 3.54. The van der Waals surface area contributed by atoms with Gasteiger partial charge in [0.1, 0.15) is 18.1 Å². The normalized spacial score (nSPS) is 13.8. The molecule has 0 heterocycles. The second-order valence-electron chi connectivity index (χ2n) is 9.01. The first kappa shape index (κ1) is 33.6. The number of nitrogens with two attached hydrogens (primary N) is 2. The Morgan fingerprint density at radius 2 is 1.38 bits per heavy atom. The second-order valence-corrected chi connectivity index (χ2v) is 9.01. The van der Waals surface area contributed by atoms with Crippen LogP contribution in [0.3, 0.4) is 0 Å². The van der Waals surface area contributed by atoms with Crippen molar-refractivity contribution >= 4 is 35.5 Å². The van der Waals surface area contributed by atoms with Gasteiger partial charge in [0, 0.05) is 33.5 Å². The molecular weight excluding hydrogens is 480 g/mol. The molecule has 13 nitrogen and oxygen atoms in total. The topological polar surface area (TPSA) is 210 Å². The Kier molecular flexibility index (Phi) is 17.1. The summed E-state index contributed by atoms with van der Waals surface area (Å²) in [7, 11) is 0. The van der Waals surface area contributed by atoms with Crippen molar-refractivity contribution in [3.63, 3.8) is 0 Å². The molecule has 5 amide bonds. The molecule has 0 aromatic carbocycles. The minimum absolute atomic E-state index is 0.0537. The largest absolute Gasteiger partial charge is 0.370 e. The Morgan fingerprint density at radius 1 is 0.757 bits per heavy atom. The van der Waals surface area contributed by atoms with E-state index in [2.05, 4.69) is 31.6 Å². The minimum Gasteiger partial charge on any atom is -0.370 e. The Labute approximate surface area is 219 Å². The van der Waals surface area contributed by atoms with Gasteiger partial charge >= 0.3 is 0 Å². The molecule has 0 aromatic heterocycles. The molecule has 0 rings (SSSR count). The minimum atomic E-state index is -0.914. The Bertz CT molecular complexity index is 785. The highest BCUT2D eigenvalue weighted by Crippen LogP contribution is 2.11. The second kappa shape index (κ2) is 18.8. The number of unbranched alkanes of at least 4 members (excludes halogenated alkanes) is 1. The number of aliphatic imine (C=N–C) groups is 1. The average molecular weight is 527 g/mol. The third kappa shape index (κ3) is 15.4. The molecule has 0 saturated carbocycles. The molecule has 0 aromatic rings. The van der Waals surface area contributed by atoms with Crippen LogP contribution in [0.15, 0.2) is 4.99 Å². The lowest BCUT2D eigenvalue weighted by Gasteiger charge is -2.28. The molecule has 37 heavy (non-hydrogen) atoms. The van der Waals surface area contributed by atoms with E-state index in [0.29, 0.717) is 58.2 Å². The third-order valence-corrected chi connectivity index (χ3v) is 5.71. The summed E-state index contributed by atoms with van der Waals surface area (Å²) in [5, 5.41) is 13.5. The summed E-state index contributed by atoms with van der Waals surface area (Å²) in [6.07, 6.45) is 2.91. The van der Waals surface area contributed by atoms with Crippen molar-refractivity contribution in [2.45, 2.75) is 91.3 Å². The SMILES string of the molecule is CCNC(=O)[C@H](CCCN=C(N)N)NC(=O)[C@@H](NC(=O)[C@H](CCCCNC(C)=O)NC(C)=O)C(C)CC. The van der Waals surface area contributed by atoms with Crippen molar-refractivity contribution in [3.8, 4) is 0 Å².